The summed E-state index contributed by atoms with van der Waals surface area (Å²) in [6.45, 7) is 0. The first-order valence-corrected chi connectivity index (χ1v) is 12.3. The Hall–Kier alpha value is -1.31. The van der Waals surface area contributed by atoms with Crippen LogP contribution >= 0.6 is 0 Å². The van der Waals surface area contributed by atoms with Crippen molar-refractivity contribution < 1.29 is 39.0 Å². The second kappa shape index (κ2) is 8.37. The molecular weight excluding hydrogens is 431 g/mol. The molecule has 13 heteroatoms. The van der Waals surface area contributed by atoms with Gasteiger partial charge in [0.1, 0.15) is 17.3 Å². The molecule has 1 heterocycles. The molecule has 0 saturated carbocycles. The normalized spacial score (nSPS) is 16.9. The van der Waals surface area contributed by atoms with Gasteiger partial charge in [0.05, 0.1) is 0 Å². The van der Waals surface area contributed by atoms with Crippen LogP contribution in [-0.4, -0.2) is 45.4 Å². The Balaban J connectivity index is 2.01. The summed E-state index contributed by atoms with van der Waals surface area (Å²) in [7, 11) is -11.4. The van der Waals surface area contributed by atoms with Gasteiger partial charge in [-0.15, -0.1) is 0 Å². The molecule has 2 rings (SSSR count). The summed E-state index contributed by atoms with van der Waals surface area (Å²) in [5.74, 6) is 1.85. The van der Waals surface area contributed by atoms with Gasteiger partial charge in [-0.3, -0.25) is 4.79 Å². The van der Waals surface area contributed by atoms with Crippen LogP contribution in [0.2, 0.25) is 0 Å². The van der Waals surface area contributed by atoms with Crippen molar-refractivity contribution in [1.29, 1.82) is 0 Å². The average Bonchev–Trinajstić information content (AvgIpc) is 2.54. The molecule has 0 radical (unpaired) electrons. The van der Waals surface area contributed by atoms with E-state index in [-0.39, 0.29) is 16.7 Å². The standard InChI is InChI=1S/C14H17F3NO6S3/c15-14(16,17)26(20,21)18-27(22,23)24-12-6-4-11(5-7-12)13(19)10-25-8-2-1-3-9-25/h4-7,18H,1-3,8-10H2/q+1. The first kappa shape index (κ1) is 22.0. The van der Waals surface area contributed by atoms with E-state index in [0.29, 0.717) is 15.4 Å². The van der Waals surface area contributed by atoms with E-state index in [9.17, 15) is 34.8 Å². The lowest BCUT2D eigenvalue weighted by molar-refractivity contribution is -0.0442. The van der Waals surface area contributed by atoms with Crippen LogP contribution < -0.4 is 8.31 Å². The molecule has 0 aliphatic carbocycles. The van der Waals surface area contributed by atoms with Crippen LogP contribution in [0.5, 0.6) is 5.75 Å². The fourth-order valence-electron chi connectivity index (χ4n) is 2.33. The SMILES string of the molecule is O=C(C[S+]1CCCCC1)c1ccc(OS(=O)(=O)NS(=O)(=O)C(F)(F)F)cc1. The summed E-state index contributed by atoms with van der Waals surface area (Å²) in [5, 5.41) is 0. The van der Waals surface area contributed by atoms with Crippen molar-refractivity contribution in [2.24, 2.45) is 0 Å². The van der Waals surface area contributed by atoms with Gasteiger partial charge in [0.2, 0.25) is 5.78 Å². The molecule has 1 aliphatic heterocycles. The molecule has 1 aromatic rings. The van der Waals surface area contributed by atoms with E-state index in [1.165, 1.54) is 12.1 Å². The number of rotatable bonds is 7. The summed E-state index contributed by atoms with van der Waals surface area (Å²) in [6, 6.07) is 4.69. The maximum absolute atomic E-state index is 12.2. The number of alkyl halides is 3. The van der Waals surface area contributed by atoms with Gasteiger partial charge < -0.3 is 4.18 Å². The van der Waals surface area contributed by atoms with E-state index in [4.69, 9.17) is 0 Å². The molecule has 27 heavy (non-hydrogen) atoms. The van der Waals surface area contributed by atoms with Crippen LogP contribution in [-0.2, 0) is 31.2 Å². The molecule has 1 aliphatic rings. The number of halogens is 3. The third-order valence-electron chi connectivity index (χ3n) is 3.60. The van der Waals surface area contributed by atoms with Gasteiger partial charge in [-0.25, -0.2) is 8.42 Å². The van der Waals surface area contributed by atoms with Crippen molar-refractivity contribution in [3.63, 3.8) is 0 Å². The van der Waals surface area contributed by atoms with Gasteiger partial charge in [0.25, 0.3) is 0 Å². The van der Waals surface area contributed by atoms with E-state index in [0.717, 1.165) is 42.9 Å². The third kappa shape index (κ3) is 6.36. The van der Waals surface area contributed by atoms with Crippen LogP contribution in [0.3, 0.4) is 0 Å². The Bertz CT molecular complexity index is 876. The number of hydrogen-bond donors (Lipinski definition) is 1. The van der Waals surface area contributed by atoms with E-state index in [2.05, 4.69) is 4.18 Å². The molecule has 0 spiro atoms. The average molecular weight is 448 g/mol. The Morgan fingerprint density at radius 1 is 1.04 bits per heavy atom. The monoisotopic (exact) mass is 448 g/mol. The van der Waals surface area contributed by atoms with E-state index >= 15 is 0 Å². The van der Waals surface area contributed by atoms with Crippen LogP contribution in [0.25, 0.3) is 0 Å². The van der Waals surface area contributed by atoms with Gasteiger partial charge in [-0.05, 0) is 54.4 Å². The second-order valence-electron chi connectivity index (χ2n) is 5.74. The van der Waals surface area contributed by atoms with Crippen molar-refractivity contribution >= 4 is 37.0 Å². The molecule has 1 fully saturated rings. The van der Waals surface area contributed by atoms with Crippen molar-refractivity contribution in [2.75, 3.05) is 17.3 Å². The van der Waals surface area contributed by atoms with Crippen LogP contribution in [0.1, 0.15) is 29.6 Å². The highest BCUT2D eigenvalue weighted by molar-refractivity contribution is 8.03. The van der Waals surface area contributed by atoms with Crippen molar-refractivity contribution in [1.82, 2.24) is 4.13 Å². The Labute approximate surface area is 157 Å². The quantitative estimate of drug-likeness (QED) is 0.503. The number of benzene rings is 1. The number of nitrogens with one attached hydrogen (secondary N) is 1. The summed E-state index contributed by atoms with van der Waals surface area (Å²) in [5.41, 5.74) is -5.49. The van der Waals surface area contributed by atoms with E-state index in [1.807, 2.05) is 0 Å². The molecule has 1 saturated heterocycles. The molecule has 0 aromatic heterocycles. The molecular formula is C14H17F3NO6S3+. The number of hydrogen-bond acceptors (Lipinski definition) is 6. The molecule has 7 nitrogen and oxygen atoms in total. The predicted molar refractivity (Wildman–Crippen MR) is 94.2 cm³/mol. The highest BCUT2D eigenvalue weighted by atomic mass is 32.3. The maximum Gasteiger partial charge on any atom is 0.512 e. The van der Waals surface area contributed by atoms with Gasteiger partial charge in [-0.2, -0.15) is 21.6 Å². The van der Waals surface area contributed by atoms with Crippen molar-refractivity contribution in [3.05, 3.63) is 29.8 Å². The number of ketones is 1. The summed E-state index contributed by atoms with van der Waals surface area (Å²) >= 11 is 0. The Morgan fingerprint density at radius 2 is 1.59 bits per heavy atom. The lowest BCUT2D eigenvalue weighted by Crippen LogP contribution is -2.42. The van der Waals surface area contributed by atoms with Gasteiger partial charge in [0.15, 0.2) is 5.75 Å². The Kier molecular flexibility index (Phi) is 6.81. The van der Waals surface area contributed by atoms with E-state index in [1.54, 1.807) is 0 Å². The zero-order chi connectivity index (χ0) is 20.3. The summed E-state index contributed by atoms with van der Waals surface area (Å²) < 4.78 is 86.1. The lowest BCUT2D eigenvalue weighted by atomic mass is 10.1. The smallest absolute Gasteiger partial charge is 0.370 e. The van der Waals surface area contributed by atoms with Gasteiger partial charge in [0, 0.05) is 5.56 Å². The number of Topliss-reactive ketones (excluding diaryl/α,β-unsaturated/α-hetero) is 1. The molecule has 0 unspecified atom stereocenters. The maximum atomic E-state index is 12.2. The van der Waals surface area contributed by atoms with Crippen molar-refractivity contribution in [3.8, 4) is 5.75 Å². The van der Waals surface area contributed by atoms with Gasteiger partial charge >= 0.3 is 25.8 Å². The highest BCUT2D eigenvalue weighted by Crippen LogP contribution is 2.23. The van der Waals surface area contributed by atoms with E-state index < -0.39 is 31.6 Å². The summed E-state index contributed by atoms with van der Waals surface area (Å²) in [4.78, 5) is 12.2. The number of sulfonamides is 1. The summed E-state index contributed by atoms with van der Waals surface area (Å²) in [6.07, 6.45) is 3.35. The minimum Gasteiger partial charge on any atom is -0.370 e. The minimum absolute atomic E-state index is 0.0236. The van der Waals surface area contributed by atoms with Crippen LogP contribution in [0.15, 0.2) is 24.3 Å². The molecule has 152 valence electrons. The molecule has 1 N–H and O–H groups in total. The molecule has 1 aromatic carbocycles. The fraction of sp³-hybridized carbons (Fsp3) is 0.500. The predicted octanol–water partition coefficient (Wildman–Crippen LogP) is 1.73. The second-order valence-corrected chi connectivity index (χ2v) is 11.3. The highest BCUT2D eigenvalue weighted by Gasteiger charge is 2.48. The first-order valence-electron chi connectivity index (χ1n) is 7.71. The molecule has 0 amide bonds. The number of carbonyl (C=O) groups is 1. The van der Waals surface area contributed by atoms with Crippen molar-refractivity contribution in [2.45, 2.75) is 24.8 Å². The first-order chi connectivity index (χ1) is 12.4. The zero-order valence-electron chi connectivity index (χ0n) is 13.9. The largest absolute Gasteiger partial charge is 0.512 e. The fourth-order valence-corrected chi connectivity index (χ4v) is 6.53. The van der Waals surface area contributed by atoms with Gasteiger partial charge in [-0.1, -0.05) is 4.13 Å². The molecule has 0 atom stereocenters. The third-order valence-corrected chi connectivity index (χ3v) is 8.72. The molecule has 0 bridgehead atoms. The van der Waals surface area contributed by atoms with Crippen LogP contribution in [0, 0.1) is 0 Å². The lowest BCUT2D eigenvalue weighted by Gasteiger charge is -2.13. The topological polar surface area (TPSA) is 107 Å². The van der Waals surface area contributed by atoms with Crippen LogP contribution in [0.4, 0.5) is 13.2 Å². The number of carbonyl (C=O) groups excluding carboxylic acids is 1. The zero-order valence-corrected chi connectivity index (χ0v) is 16.3. The minimum atomic E-state index is -6.13. The Morgan fingerprint density at radius 3 is 2.11 bits per heavy atom.